The van der Waals surface area contributed by atoms with Crippen molar-refractivity contribution in [2.75, 3.05) is 4.90 Å². The highest BCUT2D eigenvalue weighted by atomic mass is 32.1. The monoisotopic (exact) mass is 327 g/mol. The molecule has 0 saturated carbocycles. The van der Waals surface area contributed by atoms with E-state index in [9.17, 15) is 0 Å². The summed E-state index contributed by atoms with van der Waals surface area (Å²) in [6.45, 7) is 0.515. The lowest BCUT2D eigenvalue weighted by Gasteiger charge is -2.21. The molecular formula is C14H13N7OS. The molecular weight excluding hydrogens is 314 g/mol. The highest BCUT2D eigenvalue weighted by Crippen LogP contribution is 2.25. The summed E-state index contributed by atoms with van der Waals surface area (Å²) in [4.78, 5) is 20.4. The molecule has 0 aromatic carbocycles. The molecule has 8 nitrogen and oxygen atoms in total. The van der Waals surface area contributed by atoms with E-state index in [1.807, 2.05) is 11.0 Å². The zero-order valence-electron chi connectivity index (χ0n) is 11.9. The number of hydrogen-bond donors (Lipinski definition) is 2. The Balaban J connectivity index is 1.92. The second-order valence-corrected chi connectivity index (χ2v) is 5.63. The average Bonchev–Trinajstić information content (AvgIpc) is 3.09. The van der Waals surface area contributed by atoms with Crippen LogP contribution in [-0.2, 0) is 6.54 Å². The van der Waals surface area contributed by atoms with Crippen molar-refractivity contribution in [1.29, 1.82) is 0 Å². The van der Waals surface area contributed by atoms with Gasteiger partial charge in [0.15, 0.2) is 17.5 Å². The normalized spacial score (nSPS) is 11.4. The Labute approximate surface area is 136 Å². The summed E-state index contributed by atoms with van der Waals surface area (Å²) in [7, 11) is 0. The Morgan fingerprint density at radius 2 is 1.74 bits per heavy atom. The molecule has 0 atom stereocenters. The van der Waals surface area contributed by atoms with Gasteiger partial charge in [-0.05, 0) is 12.1 Å². The van der Waals surface area contributed by atoms with E-state index >= 15 is 0 Å². The van der Waals surface area contributed by atoms with E-state index in [0.29, 0.717) is 23.1 Å². The van der Waals surface area contributed by atoms with Crippen LogP contribution in [0.25, 0.3) is 0 Å². The first-order chi connectivity index (χ1) is 11.3. The topological polar surface area (TPSA) is 113 Å². The lowest BCUT2D eigenvalue weighted by molar-refractivity contribution is 0.319. The SMILES string of the molecule is N/C(=N\O)c1ccc(CN(c2cnccn2)c2cnccn2)s1. The van der Waals surface area contributed by atoms with E-state index < -0.39 is 0 Å². The van der Waals surface area contributed by atoms with Gasteiger partial charge in [-0.1, -0.05) is 5.16 Å². The first-order valence-corrected chi connectivity index (χ1v) is 7.46. The maximum Gasteiger partial charge on any atom is 0.180 e. The van der Waals surface area contributed by atoms with Gasteiger partial charge in [-0.15, -0.1) is 11.3 Å². The number of oxime groups is 1. The fourth-order valence-corrected chi connectivity index (χ4v) is 2.84. The van der Waals surface area contributed by atoms with Crippen LogP contribution < -0.4 is 10.6 Å². The van der Waals surface area contributed by atoms with Crippen LogP contribution in [0.2, 0.25) is 0 Å². The van der Waals surface area contributed by atoms with Gasteiger partial charge in [-0.2, -0.15) is 0 Å². The highest BCUT2D eigenvalue weighted by molar-refractivity contribution is 7.14. The molecule has 3 heterocycles. The fraction of sp³-hybridized carbons (Fsp3) is 0.0714. The van der Waals surface area contributed by atoms with Crippen molar-refractivity contribution in [2.45, 2.75) is 6.54 Å². The summed E-state index contributed by atoms with van der Waals surface area (Å²) in [6, 6.07) is 3.72. The minimum absolute atomic E-state index is 0.0896. The largest absolute Gasteiger partial charge is 0.409 e. The van der Waals surface area contributed by atoms with E-state index in [1.165, 1.54) is 11.3 Å². The van der Waals surface area contributed by atoms with Gasteiger partial charge in [0.25, 0.3) is 0 Å². The first-order valence-electron chi connectivity index (χ1n) is 6.64. The van der Waals surface area contributed by atoms with E-state index in [4.69, 9.17) is 10.9 Å². The van der Waals surface area contributed by atoms with Crippen LogP contribution in [0.15, 0.2) is 54.5 Å². The van der Waals surface area contributed by atoms with Gasteiger partial charge < -0.3 is 15.8 Å². The van der Waals surface area contributed by atoms with Crippen molar-refractivity contribution in [1.82, 2.24) is 19.9 Å². The maximum absolute atomic E-state index is 8.76. The Morgan fingerprint density at radius 3 is 2.26 bits per heavy atom. The molecule has 3 rings (SSSR count). The van der Waals surface area contributed by atoms with E-state index in [2.05, 4.69) is 25.1 Å². The van der Waals surface area contributed by atoms with Crippen LogP contribution >= 0.6 is 11.3 Å². The first kappa shape index (κ1) is 14.9. The van der Waals surface area contributed by atoms with Gasteiger partial charge in [0.2, 0.25) is 0 Å². The van der Waals surface area contributed by atoms with Crippen molar-refractivity contribution in [3.63, 3.8) is 0 Å². The molecule has 3 N–H and O–H groups in total. The molecule has 3 aromatic heterocycles. The zero-order valence-corrected chi connectivity index (χ0v) is 12.8. The van der Waals surface area contributed by atoms with Crippen LogP contribution in [0.1, 0.15) is 9.75 Å². The molecule has 0 aliphatic carbocycles. The van der Waals surface area contributed by atoms with Gasteiger partial charge in [0.1, 0.15) is 0 Å². The van der Waals surface area contributed by atoms with Crippen molar-refractivity contribution >= 4 is 28.8 Å². The third kappa shape index (κ3) is 3.40. The van der Waals surface area contributed by atoms with Crippen LogP contribution in [0.5, 0.6) is 0 Å². The molecule has 0 unspecified atom stereocenters. The third-order valence-corrected chi connectivity index (χ3v) is 4.08. The molecule has 0 spiro atoms. The number of nitrogens with zero attached hydrogens (tertiary/aromatic N) is 6. The summed E-state index contributed by atoms with van der Waals surface area (Å²) >= 11 is 1.43. The number of aromatic nitrogens is 4. The minimum atomic E-state index is 0.0896. The second kappa shape index (κ2) is 6.79. The zero-order chi connectivity index (χ0) is 16.1. The van der Waals surface area contributed by atoms with Crippen LogP contribution in [0, 0.1) is 0 Å². The summed E-state index contributed by atoms with van der Waals surface area (Å²) in [5.41, 5.74) is 5.61. The summed E-state index contributed by atoms with van der Waals surface area (Å²) in [5, 5.41) is 11.8. The Kier molecular flexibility index (Phi) is 4.39. The molecule has 0 fully saturated rings. The maximum atomic E-state index is 8.76. The Hall–Kier alpha value is -3.07. The lowest BCUT2D eigenvalue weighted by atomic mass is 10.3. The van der Waals surface area contributed by atoms with Crippen LogP contribution in [0.4, 0.5) is 11.6 Å². The summed E-state index contributed by atoms with van der Waals surface area (Å²) in [5.74, 6) is 1.41. The predicted octanol–water partition coefficient (Wildman–Crippen LogP) is 1.76. The molecule has 116 valence electrons. The van der Waals surface area contributed by atoms with E-state index in [0.717, 1.165) is 4.88 Å². The predicted molar refractivity (Wildman–Crippen MR) is 86.7 cm³/mol. The summed E-state index contributed by atoms with van der Waals surface area (Å²) < 4.78 is 0. The van der Waals surface area contributed by atoms with Crippen LogP contribution in [-0.4, -0.2) is 31.0 Å². The molecule has 0 saturated heterocycles. The van der Waals surface area contributed by atoms with Gasteiger partial charge in [0, 0.05) is 29.7 Å². The summed E-state index contributed by atoms with van der Waals surface area (Å²) in [6.07, 6.45) is 9.78. The molecule has 0 bridgehead atoms. The van der Waals surface area contributed by atoms with E-state index in [-0.39, 0.29) is 5.84 Å². The van der Waals surface area contributed by atoms with Gasteiger partial charge in [0.05, 0.1) is 23.8 Å². The molecule has 3 aromatic rings. The van der Waals surface area contributed by atoms with Crippen molar-refractivity contribution in [3.8, 4) is 0 Å². The Morgan fingerprint density at radius 1 is 1.09 bits per heavy atom. The van der Waals surface area contributed by atoms with Gasteiger partial charge in [-0.25, -0.2) is 9.97 Å². The smallest absolute Gasteiger partial charge is 0.180 e. The molecule has 23 heavy (non-hydrogen) atoms. The number of amidine groups is 1. The fourth-order valence-electron chi connectivity index (χ4n) is 1.95. The second-order valence-electron chi connectivity index (χ2n) is 4.46. The van der Waals surface area contributed by atoms with E-state index in [1.54, 1.807) is 43.2 Å². The number of hydrogen-bond acceptors (Lipinski definition) is 8. The number of rotatable bonds is 5. The number of thiophene rings is 1. The molecule has 0 aliphatic rings. The average molecular weight is 327 g/mol. The highest BCUT2D eigenvalue weighted by Gasteiger charge is 2.15. The minimum Gasteiger partial charge on any atom is -0.409 e. The standard InChI is InChI=1S/C14H13N7OS/c15-14(20-22)11-2-1-10(23-11)9-21(12-7-16-3-5-18-12)13-8-17-4-6-19-13/h1-8,22H,9H2,(H2,15,20). The molecule has 0 aliphatic heterocycles. The van der Waals surface area contributed by atoms with Crippen molar-refractivity contribution in [2.24, 2.45) is 10.9 Å². The molecule has 0 amide bonds. The van der Waals surface area contributed by atoms with Crippen LogP contribution in [0.3, 0.4) is 0 Å². The van der Waals surface area contributed by atoms with Gasteiger partial charge in [-0.3, -0.25) is 9.97 Å². The molecule has 9 heteroatoms. The Bertz CT molecular complexity index is 752. The quantitative estimate of drug-likeness (QED) is 0.318. The molecule has 0 radical (unpaired) electrons. The van der Waals surface area contributed by atoms with Crippen molar-refractivity contribution in [3.05, 3.63) is 59.1 Å². The number of anilines is 2. The van der Waals surface area contributed by atoms with Gasteiger partial charge >= 0.3 is 0 Å². The third-order valence-electron chi connectivity index (χ3n) is 2.99. The number of nitrogens with two attached hydrogens (primary N) is 1. The lowest BCUT2D eigenvalue weighted by Crippen LogP contribution is -2.18. The van der Waals surface area contributed by atoms with Crippen molar-refractivity contribution < 1.29 is 5.21 Å².